The van der Waals surface area contributed by atoms with Crippen molar-refractivity contribution >= 4 is 51.7 Å². The van der Waals surface area contributed by atoms with Crippen molar-refractivity contribution in [3.63, 3.8) is 0 Å². The molecule has 2 aromatic rings. The predicted molar refractivity (Wildman–Crippen MR) is 87.7 cm³/mol. The van der Waals surface area contributed by atoms with Gasteiger partial charge in [-0.1, -0.05) is 12.1 Å². The summed E-state index contributed by atoms with van der Waals surface area (Å²) < 4.78 is 9.16. The lowest BCUT2D eigenvalue weighted by Gasteiger charge is -2.11. The first-order chi connectivity index (χ1) is 11.3. The van der Waals surface area contributed by atoms with E-state index >= 15 is 0 Å². The third-order valence-electron chi connectivity index (χ3n) is 4.00. The highest BCUT2D eigenvalue weighted by Crippen LogP contribution is 2.64. The second-order valence-electron chi connectivity index (χ2n) is 5.75. The molecule has 0 bridgehead atoms. The highest BCUT2D eigenvalue weighted by molar-refractivity contribution is 6.53. The molecule has 1 aromatic heterocycles. The molecule has 8 heteroatoms. The van der Waals surface area contributed by atoms with Crippen LogP contribution in [0.5, 0.6) is 0 Å². The van der Waals surface area contributed by atoms with E-state index in [1.807, 2.05) is 6.07 Å². The van der Waals surface area contributed by atoms with E-state index in [9.17, 15) is 9.59 Å². The Morgan fingerprint density at radius 1 is 1.42 bits per heavy atom. The summed E-state index contributed by atoms with van der Waals surface area (Å²) in [5.74, 6) is -1.25. The van der Waals surface area contributed by atoms with Crippen molar-refractivity contribution in [3.05, 3.63) is 30.0 Å². The average molecular weight is 367 g/mol. The lowest BCUT2D eigenvalue weighted by Crippen LogP contribution is -2.26. The van der Waals surface area contributed by atoms with E-state index in [1.165, 1.54) is 0 Å². The maximum absolute atomic E-state index is 12.0. The minimum Gasteiger partial charge on any atom is -0.455 e. The Kier molecular flexibility index (Phi) is 3.94. The Balaban J connectivity index is 1.68. The molecule has 0 spiro atoms. The van der Waals surface area contributed by atoms with Crippen molar-refractivity contribution in [2.24, 2.45) is 5.41 Å². The summed E-state index contributed by atoms with van der Waals surface area (Å²) in [4.78, 5) is 24.0. The molecule has 0 aliphatic heterocycles. The number of para-hydroxylation sites is 1. The first kappa shape index (κ1) is 16.6. The Bertz CT molecular complexity index is 884. The lowest BCUT2D eigenvalue weighted by atomic mass is 10.1. The van der Waals surface area contributed by atoms with Crippen LogP contribution in [-0.4, -0.2) is 22.8 Å². The summed E-state index contributed by atoms with van der Waals surface area (Å²) >= 11 is 11.8. The van der Waals surface area contributed by atoms with Gasteiger partial charge in [-0.05, 0) is 19.1 Å². The van der Waals surface area contributed by atoms with E-state index in [4.69, 9.17) is 37.6 Å². The summed E-state index contributed by atoms with van der Waals surface area (Å²) in [6.07, 6.45) is 0.272. The molecule has 1 fully saturated rings. The van der Waals surface area contributed by atoms with E-state index < -0.39 is 28.2 Å². The van der Waals surface area contributed by atoms with Gasteiger partial charge in [0.25, 0.3) is 5.91 Å². The van der Waals surface area contributed by atoms with Crippen molar-refractivity contribution in [1.82, 2.24) is 0 Å². The Labute approximate surface area is 147 Å². The number of nitrogens with one attached hydrogen (secondary N) is 1. The number of alkyl halides is 2. The zero-order chi connectivity index (χ0) is 17.5. The number of nitrogens with zero attached hydrogens (tertiary/aromatic N) is 1. The van der Waals surface area contributed by atoms with Crippen molar-refractivity contribution in [3.8, 4) is 6.07 Å². The minimum absolute atomic E-state index is 0.0226. The predicted octanol–water partition coefficient (Wildman–Crippen LogP) is 3.37. The van der Waals surface area contributed by atoms with Crippen LogP contribution in [0.2, 0.25) is 0 Å². The third-order valence-corrected chi connectivity index (χ3v) is 5.11. The summed E-state index contributed by atoms with van der Waals surface area (Å²) in [7, 11) is 0. The normalized spacial score (nSPS) is 21.1. The van der Waals surface area contributed by atoms with Gasteiger partial charge in [-0.2, -0.15) is 5.26 Å². The zero-order valence-corrected chi connectivity index (χ0v) is 14.1. The number of esters is 1. The van der Waals surface area contributed by atoms with Crippen LogP contribution in [-0.2, 0) is 14.3 Å². The number of rotatable bonds is 4. The fourth-order valence-electron chi connectivity index (χ4n) is 2.34. The molecule has 1 aliphatic rings. The Hall–Kier alpha value is -2.23. The molecule has 3 rings (SSSR count). The number of hydrogen-bond donors (Lipinski definition) is 1. The van der Waals surface area contributed by atoms with Gasteiger partial charge < -0.3 is 14.5 Å². The van der Waals surface area contributed by atoms with E-state index in [0.29, 0.717) is 11.0 Å². The van der Waals surface area contributed by atoms with Crippen LogP contribution in [0.4, 0.5) is 5.69 Å². The second kappa shape index (κ2) is 5.69. The Morgan fingerprint density at radius 2 is 2.08 bits per heavy atom. The summed E-state index contributed by atoms with van der Waals surface area (Å²) in [5, 5.41) is 12.2. The number of fused-ring (bicyclic) bond motifs is 1. The number of halogens is 2. The molecule has 1 heterocycles. The van der Waals surface area contributed by atoms with Gasteiger partial charge in [0.05, 0.1) is 0 Å². The number of furan rings is 1. The fourth-order valence-corrected chi connectivity index (χ4v) is 3.02. The number of hydrogen-bond acceptors (Lipinski definition) is 5. The Morgan fingerprint density at radius 3 is 2.71 bits per heavy atom. The number of anilines is 1. The van der Waals surface area contributed by atoms with Gasteiger partial charge >= 0.3 is 5.97 Å². The maximum Gasteiger partial charge on any atom is 0.315 e. The molecular formula is C16H12Cl2N2O4. The molecule has 0 radical (unpaired) electrons. The number of benzene rings is 1. The van der Waals surface area contributed by atoms with Crippen molar-refractivity contribution in [2.75, 3.05) is 11.9 Å². The van der Waals surface area contributed by atoms with Crippen LogP contribution < -0.4 is 5.32 Å². The number of amides is 1. The van der Waals surface area contributed by atoms with Crippen LogP contribution in [0.1, 0.15) is 19.1 Å². The third kappa shape index (κ3) is 2.70. The zero-order valence-electron chi connectivity index (χ0n) is 12.6. The monoisotopic (exact) mass is 366 g/mol. The van der Waals surface area contributed by atoms with E-state index in [1.54, 1.807) is 31.2 Å². The summed E-state index contributed by atoms with van der Waals surface area (Å²) in [5.41, 5.74) is -0.284. The van der Waals surface area contributed by atoms with Crippen LogP contribution >= 0.6 is 23.2 Å². The van der Waals surface area contributed by atoms with E-state index in [2.05, 4.69) is 5.32 Å². The molecule has 124 valence electrons. The van der Waals surface area contributed by atoms with Gasteiger partial charge in [-0.25, -0.2) is 0 Å². The molecule has 1 aromatic carbocycles. The molecule has 1 aliphatic carbocycles. The highest BCUT2D eigenvalue weighted by atomic mass is 35.5. The van der Waals surface area contributed by atoms with Crippen LogP contribution in [0.15, 0.2) is 28.7 Å². The van der Waals surface area contributed by atoms with Crippen molar-refractivity contribution in [1.29, 1.82) is 5.26 Å². The molecule has 1 amide bonds. The molecule has 6 nitrogen and oxygen atoms in total. The number of carbonyl (C=O) groups excluding carboxylic acids is 2. The SMILES string of the molecule is C[C@]1(C(=O)OCC(=O)Nc2c(C#N)oc3ccccc23)CC1(Cl)Cl. The number of carbonyl (C=O) groups is 2. The van der Waals surface area contributed by atoms with Crippen LogP contribution in [0.25, 0.3) is 11.0 Å². The molecule has 1 N–H and O–H groups in total. The number of nitriles is 1. The average Bonchev–Trinajstić information content (AvgIpc) is 2.91. The summed E-state index contributed by atoms with van der Waals surface area (Å²) in [6, 6.07) is 8.77. The van der Waals surface area contributed by atoms with Gasteiger partial charge in [-0.3, -0.25) is 9.59 Å². The highest BCUT2D eigenvalue weighted by Gasteiger charge is 2.69. The van der Waals surface area contributed by atoms with Crippen molar-refractivity contribution < 1.29 is 18.7 Å². The van der Waals surface area contributed by atoms with Crippen LogP contribution in [0.3, 0.4) is 0 Å². The number of ether oxygens (including phenoxy) is 1. The van der Waals surface area contributed by atoms with Gasteiger partial charge in [-0.15, -0.1) is 23.2 Å². The van der Waals surface area contributed by atoms with Gasteiger partial charge in [0.15, 0.2) is 6.61 Å². The molecule has 1 saturated carbocycles. The molecule has 1 atom stereocenters. The smallest absolute Gasteiger partial charge is 0.315 e. The van der Waals surface area contributed by atoms with Gasteiger partial charge in [0.1, 0.15) is 27.1 Å². The molecule has 0 saturated heterocycles. The first-order valence-electron chi connectivity index (χ1n) is 7.05. The van der Waals surface area contributed by atoms with Crippen LogP contribution in [0, 0.1) is 16.7 Å². The molecule has 0 unspecified atom stereocenters. The van der Waals surface area contributed by atoms with E-state index in [-0.39, 0.29) is 17.9 Å². The largest absolute Gasteiger partial charge is 0.455 e. The first-order valence-corrected chi connectivity index (χ1v) is 7.80. The summed E-state index contributed by atoms with van der Waals surface area (Å²) in [6.45, 7) is 1.06. The van der Waals surface area contributed by atoms with E-state index in [0.717, 1.165) is 0 Å². The minimum atomic E-state index is -1.16. The lowest BCUT2D eigenvalue weighted by molar-refractivity contribution is -0.152. The molecule has 24 heavy (non-hydrogen) atoms. The molecular weight excluding hydrogens is 355 g/mol. The topological polar surface area (TPSA) is 92.3 Å². The van der Waals surface area contributed by atoms with Gasteiger partial charge in [0, 0.05) is 11.8 Å². The maximum atomic E-state index is 12.0. The van der Waals surface area contributed by atoms with Gasteiger partial charge in [0.2, 0.25) is 5.76 Å². The standard InChI is InChI=1S/C16H12Cl2N2O4/c1-15(8-16(15,17)18)14(22)23-7-12(21)20-13-9-4-2-3-5-10(9)24-11(13)6-19/h2-5H,7-8H2,1H3,(H,20,21)/t15-/m1/s1. The quantitative estimate of drug-likeness (QED) is 0.661. The van der Waals surface area contributed by atoms with Crippen molar-refractivity contribution in [2.45, 2.75) is 17.7 Å². The fraction of sp³-hybridized carbons (Fsp3) is 0.312. The second-order valence-corrected chi connectivity index (χ2v) is 7.24.